The summed E-state index contributed by atoms with van der Waals surface area (Å²) in [5, 5.41) is 9.01. The van der Waals surface area contributed by atoms with Crippen LogP contribution in [0.15, 0.2) is 52.8 Å². The molecule has 3 aromatic rings. The molecule has 0 bridgehead atoms. The fourth-order valence-corrected chi connectivity index (χ4v) is 2.90. The molecule has 1 N–H and O–H groups in total. The van der Waals surface area contributed by atoms with Gasteiger partial charge in [-0.1, -0.05) is 12.1 Å². The first kappa shape index (κ1) is 16.1. The molecule has 1 amide bonds. The molecule has 0 aliphatic heterocycles. The van der Waals surface area contributed by atoms with Crippen molar-refractivity contribution in [2.24, 2.45) is 0 Å². The zero-order valence-electron chi connectivity index (χ0n) is 13.3. The second kappa shape index (κ2) is 6.76. The first-order valence-electron chi connectivity index (χ1n) is 7.42. The smallest absolute Gasteiger partial charge is 0.267 e. The van der Waals surface area contributed by atoms with E-state index in [1.807, 2.05) is 30.5 Å². The van der Waals surface area contributed by atoms with Gasteiger partial charge in [-0.25, -0.2) is 9.67 Å². The molecule has 6 nitrogen and oxygen atoms in total. The number of aromatic nitrogens is 3. The standard InChI is InChI=1S/C17H16N4O2S/c1-11-5-3-9-18-16(11)19-17(23)12(2)21-15(22)8-7-13(20-21)14-6-4-10-24-14/h3-10,12H,1-2H3,(H,18,19,23)/t12-/m1/s1. The average molecular weight is 340 g/mol. The van der Waals surface area contributed by atoms with Gasteiger partial charge in [-0.15, -0.1) is 11.3 Å². The highest BCUT2D eigenvalue weighted by Crippen LogP contribution is 2.21. The van der Waals surface area contributed by atoms with E-state index in [1.165, 1.54) is 22.1 Å². The summed E-state index contributed by atoms with van der Waals surface area (Å²) in [5.74, 6) is 0.145. The molecule has 0 radical (unpaired) electrons. The van der Waals surface area contributed by atoms with Gasteiger partial charge in [0.1, 0.15) is 17.6 Å². The summed E-state index contributed by atoms with van der Waals surface area (Å²) in [5.41, 5.74) is 1.19. The number of aryl methyl sites for hydroxylation is 1. The number of amides is 1. The Bertz CT molecular complexity index is 918. The normalized spacial score (nSPS) is 11.9. The molecule has 7 heteroatoms. The first-order chi connectivity index (χ1) is 11.6. The summed E-state index contributed by atoms with van der Waals surface area (Å²) in [6.07, 6.45) is 1.61. The van der Waals surface area contributed by atoms with Crippen LogP contribution in [0.5, 0.6) is 0 Å². The van der Waals surface area contributed by atoms with Crippen molar-refractivity contribution in [2.75, 3.05) is 5.32 Å². The maximum atomic E-state index is 12.5. The lowest BCUT2D eigenvalue weighted by Gasteiger charge is -2.15. The maximum Gasteiger partial charge on any atom is 0.267 e. The van der Waals surface area contributed by atoms with E-state index in [0.29, 0.717) is 11.5 Å². The molecular weight excluding hydrogens is 324 g/mol. The number of pyridine rings is 1. The Hall–Kier alpha value is -2.80. The van der Waals surface area contributed by atoms with Crippen LogP contribution in [0, 0.1) is 6.92 Å². The van der Waals surface area contributed by atoms with Gasteiger partial charge < -0.3 is 5.32 Å². The monoisotopic (exact) mass is 340 g/mol. The van der Waals surface area contributed by atoms with Crippen molar-refractivity contribution in [1.29, 1.82) is 0 Å². The van der Waals surface area contributed by atoms with Crippen LogP contribution in [-0.2, 0) is 4.79 Å². The molecule has 3 rings (SSSR count). The van der Waals surface area contributed by atoms with Crippen molar-refractivity contribution in [2.45, 2.75) is 19.9 Å². The number of carbonyl (C=O) groups excluding carboxylic acids is 1. The molecule has 3 aromatic heterocycles. The summed E-state index contributed by atoms with van der Waals surface area (Å²) >= 11 is 1.53. The van der Waals surface area contributed by atoms with Gasteiger partial charge in [0.05, 0.1) is 4.88 Å². The molecule has 0 saturated heterocycles. The predicted octanol–water partition coefficient (Wildman–Crippen LogP) is 2.87. The molecule has 0 spiro atoms. The molecule has 1 atom stereocenters. The minimum absolute atomic E-state index is 0.323. The third-order valence-electron chi connectivity index (χ3n) is 3.60. The van der Waals surface area contributed by atoms with Crippen LogP contribution in [0.4, 0.5) is 5.82 Å². The minimum Gasteiger partial charge on any atom is -0.309 e. The number of rotatable bonds is 4. The van der Waals surface area contributed by atoms with E-state index in [1.54, 1.807) is 25.3 Å². The summed E-state index contributed by atoms with van der Waals surface area (Å²) in [6.45, 7) is 3.50. The molecule has 122 valence electrons. The number of hydrogen-bond acceptors (Lipinski definition) is 5. The summed E-state index contributed by atoms with van der Waals surface area (Å²) in [4.78, 5) is 29.7. The topological polar surface area (TPSA) is 76.9 Å². The van der Waals surface area contributed by atoms with E-state index in [-0.39, 0.29) is 11.5 Å². The number of hydrogen-bond donors (Lipinski definition) is 1. The summed E-state index contributed by atoms with van der Waals surface area (Å²) < 4.78 is 1.20. The van der Waals surface area contributed by atoms with Crippen LogP contribution in [0.1, 0.15) is 18.5 Å². The van der Waals surface area contributed by atoms with Crippen LogP contribution in [0.25, 0.3) is 10.6 Å². The maximum absolute atomic E-state index is 12.5. The molecule has 0 aliphatic rings. The van der Waals surface area contributed by atoms with E-state index >= 15 is 0 Å². The van der Waals surface area contributed by atoms with Gasteiger partial charge in [-0.2, -0.15) is 5.10 Å². The molecule has 0 fully saturated rings. The number of thiophene rings is 1. The zero-order valence-corrected chi connectivity index (χ0v) is 14.1. The molecule has 0 unspecified atom stereocenters. The SMILES string of the molecule is Cc1cccnc1NC(=O)[C@@H](C)n1nc(-c2cccs2)ccc1=O. The van der Waals surface area contributed by atoms with Crippen molar-refractivity contribution >= 4 is 23.1 Å². The average Bonchev–Trinajstić information content (AvgIpc) is 3.11. The zero-order chi connectivity index (χ0) is 17.1. The van der Waals surface area contributed by atoms with Crippen molar-refractivity contribution < 1.29 is 4.79 Å². The van der Waals surface area contributed by atoms with Crippen molar-refractivity contribution in [3.05, 3.63) is 63.9 Å². The Morgan fingerprint density at radius 3 is 2.79 bits per heavy atom. The van der Waals surface area contributed by atoms with Crippen LogP contribution in [0.3, 0.4) is 0 Å². The van der Waals surface area contributed by atoms with Gasteiger partial charge in [-0.05, 0) is 43.0 Å². The molecule has 0 saturated carbocycles. The number of carbonyl (C=O) groups is 1. The fourth-order valence-electron chi connectivity index (χ4n) is 2.21. The Morgan fingerprint density at radius 1 is 1.25 bits per heavy atom. The van der Waals surface area contributed by atoms with Crippen LogP contribution in [0.2, 0.25) is 0 Å². The van der Waals surface area contributed by atoms with Gasteiger partial charge in [0.25, 0.3) is 5.56 Å². The Morgan fingerprint density at radius 2 is 2.08 bits per heavy atom. The van der Waals surface area contributed by atoms with Gasteiger partial charge in [-0.3, -0.25) is 9.59 Å². The highest BCUT2D eigenvalue weighted by Gasteiger charge is 2.19. The van der Waals surface area contributed by atoms with Gasteiger partial charge in [0.15, 0.2) is 0 Å². The van der Waals surface area contributed by atoms with E-state index in [0.717, 1.165) is 10.4 Å². The highest BCUT2D eigenvalue weighted by atomic mass is 32.1. The van der Waals surface area contributed by atoms with Crippen molar-refractivity contribution in [1.82, 2.24) is 14.8 Å². The third-order valence-corrected chi connectivity index (χ3v) is 4.49. The first-order valence-corrected chi connectivity index (χ1v) is 8.30. The number of nitrogens with one attached hydrogen (secondary N) is 1. The Kier molecular flexibility index (Phi) is 4.52. The van der Waals surface area contributed by atoms with E-state index in [2.05, 4.69) is 15.4 Å². The van der Waals surface area contributed by atoms with E-state index in [9.17, 15) is 9.59 Å². The molecule has 0 aliphatic carbocycles. The highest BCUT2D eigenvalue weighted by molar-refractivity contribution is 7.13. The van der Waals surface area contributed by atoms with Crippen molar-refractivity contribution in [3.8, 4) is 10.6 Å². The van der Waals surface area contributed by atoms with Gasteiger partial charge in [0.2, 0.25) is 5.91 Å². The Labute approximate surface area is 142 Å². The second-order valence-corrected chi connectivity index (χ2v) is 6.26. The third kappa shape index (κ3) is 3.26. The minimum atomic E-state index is -0.751. The molecule has 3 heterocycles. The van der Waals surface area contributed by atoms with E-state index in [4.69, 9.17) is 0 Å². The lowest BCUT2D eigenvalue weighted by Crippen LogP contribution is -2.33. The van der Waals surface area contributed by atoms with Crippen LogP contribution < -0.4 is 10.9 Å². The Balaban J connectivity index is 1.88. The van der Waals surface area contributed by atoms with Gasteiger partial charge in [0, 0.05) is 12.3 Å². The van der Waals surface area contributed by atoms with E-state index < -0.39 is 6.04 Å². The second-order valence-electron chi connectivity index (χ2n) is 5.31. The fraction of sp³-hybridized carbons (Fsp3) is 0.176. The van der Waals surface area contributed by atoms with Gasteiger partial charge >= 0.3 is 0 Å². The lowest BCUT2D eigenvalue weighted by molar-refractivity contribution is -0.119. The number of anilines is 1. The molecule has 24 heavy (non-hydrogen) atoms. The summed E-state index contributed by atoms with van der Waals surface area (Å²) in [7, 11) is 0. The lowest BCUT2D eigenvalue weighted by atomic mass is 10.2. The quantitative estimate of drug-likeness (QED) is 0.792. The molecule has 0 aromatic carbocycles. The predicted molar refractivity (Wildman–Crippen MR) is 94.1 cm³/mol. The summed E-state index contributed by atoms with van der Waals surface area (Å²) in [6, 6.07) is 9.83. The molecular formula is C17H16N4O2S. The number of nitrogens with zero attached hydrogens (tertiary/aromatic N) is 3. The van der Waals surface area contributed by atoms with Crippen LogP contribution >= 0.6 is 11.3 Å². The largest absolute Gasteiger partial charge is 0.309 e. The van der Waals surface area contributed by atoms with Crippen LogP contribution in [-0.4, -0.2) is 20.7 Å². The van der Waals surface area contributed by atoms with Crippen molar-refractivity contribution in [3.63, 3.8) is 0 Å².